The number of ether oxygens (including phenoxy) is 1. The van der Waals surface area contributed by atoms with Crippen LogP contribution in [0.25, 0.3) is 0 Å². The topological polar surface area (TPSA) is 49.9 Å². The van der Waals surface area contributed by atoms with Crippen LogP contribution in [-0.2, 0) is 4.79 Å². The highest BCUT2D eigenvalue weighted by molar-refractivity contribution is 5.78. The second-order valence-corrected chi connectivity index (χ2v) is 6.95. The van der Waals surface area contributed by atoms with E-state index in [1.165, 1.54) is 0 Å². The predicted molar refractivity (Wildman–Crippen MR) is 107 cm³/mol. The Kier molecular flexibility index (Phi) is 6.12. The Labute approximate surface area is 160 Å². The van der Waals surface area contributed by atoms with Gasteiger partial charge in [0.25, 0.3) is 0 Å². The standard InChI is InChI=1S/C22H26N2O3/c1-17-4-3-5-20(14-17)27-13-8-22(26)24-11-9-23(10-12-24)21-7-6-19(16-25)15-18(21)2/h3-7,14-16H,8-13H2,1-2H3. The normalized spacial score (nSPS) is 14.1. The molecule has 142 valence electrons. The summed E-state index contributed by atoms with van der Waals surface area (Å²) in [5, 5.41) is 0. The van der Waals surface area contributed by atoms with Gasteiger partial charge in [-0.3, -0.25) is 9.59 Å². The van der Waals surface area contributed by atoms with E-state index in [0.29, 0.717) is 31.7 Å². The van der Waals surface area contributed by atoms with Gasteiger partial charge in [-0.05, 0) is 55.3 Å². The molecule has 0 saturated carbocycles. The van der Waals surface area contributed by atoms with E-state index in [4.69, 9.17) is 4.74 Å². The molecule has 2 aromatic rings. The molecular formula is C22H26N2O3. The number of carbonyl (C=O) groups is 2. The molecule has 5 nitrogen and oxygen atoms in total. The molecule has 27 heavy (non-hydrogen) atoms. The second kappa shape index (κ2) is 8.71. The Morgan fingerprint density at radius 1 is 1.07 bits per heavy atom. The number of rotatable bonds is 6. The van der Waals surface area contributed by atoms with Crippen LogP contribution in [-0.4, -0.2) is 49.9 Å². The summed E-state index contributed by atoms with van der Waals surface area (Å²) in [6, 6.07) is 13.6. The van der Waals surface area contributed by atoms with Gasteiger partial charge in [-0.25, -0.2) is 0 Å². The van der Waals surface area contributed by atoms with Crippen LogP contribution in [0.2, 0.25) is 0 Å². The predicted octanol–water partition coefficient (Wildman–Crippen LogP) is 3.23. The molecule has 1 heterocycles. The van der Waals surface area contributed by atoms with E-state index in [9.17, 15) is 9.59 Å². The van der Waals surface area contributed by atoms with Crippen molar-refractivity contribution in [2.75, 3.05) is 37.7 Å². The van der Waals surface area contributed by atoms with Gasteiger partial charge in [0, 0.05) is 37.4 Å². The highest BCUT2D eigenvalue weighted by Crippen LogP contribution is 2.22. The van der Waals surface area contributed by atoms with Gasteiger partial charge < -0.3 is 14.5 Å². The summed E-state index contributed by atoms with van der Waals surface area (Å²) in [4.78, 5) is 27.5. The van der Waals surface area contributed by atoms with Crippen LogP contribution >= 0.6 is 0 Å². The molecule has 0 N–H and O–H groups in total. The van der Waals surface area contributed by atoms with Crippen LogP contribution in [0.15, 0.2) is 42.5 Å². The zero-order valence-electron chi connectivity index (χ0n) is 16.0. The van der Waals surface area contributed by atoms with E-state index < -0.39 is 0 Å². The molecular weight excluding hydrogens is 340 g/mol. The lowest BCUT2D eigenvalue weighted by molar-refractivity contribution is -0.132. The first-order valence-corrected chi connectivity index (χ1v) is 9.35. The molecule has 0 aliphatic carbocycles. The van der Waals surface area contributed by atoms with Crippen molar-refractivity contribution in [2.45, 2.75) is 20.3 Å². The lowest BCUT2D eigenvalue weighted by Crippen LogP contribution is -2.49. The minimum absolute atomic E-state index is 0.135. The van der Waals surface area contributed by atoms with Crippen molar-refractivity contribution in [1.82, 2.24) is 4.90 Å². The summed E-state index contributed by atoms with van der Waals surface area (Å²) < 4.78 is 5.69. The fourth-order valence-corrected chi connectivity index (χ4v) is 3.42. The third-order valence-corrected chi connectivity index (χ3v) is 4.90. The quantitative estimate of drug-likeness (QED) is 0.737. The van der Waals surface area contributed by atoms with Crippen molar-refractivity contribution < 1.29 is 14.3 Å². The minimum Gasteiger partial charge on any atom is -0.493 e. The Balaban J connectivity index is 1.47. The minimum atomic E-state index is 0.135. The molecule has 1 saturated heterocycles. The molecule has 0 unspecified atom stereocenters. The maximum Gasteiger partial charge on any atom is 0.226 e. The molecule has 0 spiro atoms. The molecule has 0 atom stereocenters. The summed E-state index contributed by atoms with van der Waals surface area (Å²) in [5.41, 5.74) is 4.06. The van der Waals surface area contributed by atoms with Gasteiger partial charge in [0.05, 0.1) is 13.0 Å². The molecule has 0 aromatic heterocycles. The first-order chi connectivity index (χ1) is 13.1. The van der Waals surface area contributed by atoms with Gasteiger partial charge in [0.15, 0.2) is 0 Å². The van der Waals surface area contributed by atoms with Crippen LogP contribution in [0.4, 0.5) is 5.69 Å². The fraction of sp³-hybridized carbons (Fsp3) is 0.364. The molecule has 1 amide bonds. The Hall–Kier alpha value is -2.82. The van der Waals surface area contributed by atoms with Crippen molar-refractivity contribution in [3.8, 4) is 5.75 Å². The van der Waals surface area contributed by atoms with Crippen molar-refractivity contribution in [1.29, 1.82) is 0 Å². The number of carbonyl (C=O) groups excluding carboxylic acids is 2. The highest BCUT2D eigenvalue weighted by Gasteiger charge is 2.22. The van der Waals surface area contributed by atoms with Crippen LogP contribution in [0.5, 0.6) is 5.75 Å². The summed E-state index contributed by atoms with van der Waals surface area (Å²) in [6.45, 7) is 7.44. The average Bonchev–Trinajstić information content (AvgIpc) is 2.68. The molecule has 0 radical (unpaired) electrons. The fourth-order valence-electron chi connectivity index (χ4n) is 3.42. The van der Waals surface area contributed by atoms with Gasteiger partial charge in [-0.15, -0.1) is 0 Å². The van der Waals surface area contributed by atoms with Gasteiger partial charge in [0.1, 0.15) is 12.0 Å². The van der Waals surface area contributed by atoms with Crippen molar-refractivity contribution in [3.63, 3.8) is 0 Å². The van der Waals surface area contributed by atoms with Crippen molar-refractivity contribution in [3.05, 3.63) is 59.2 Å². The maximum atomic E-state index is 12.4. The summed E-state index contributed by atoms with van der Waals surface area (Å²) >= 11 is 0. The third-order valence-electron chi connectivity index (χ3n) is 4.90. The molecule has 2 aromatic carbocycles. The van der Waals surface area contributed by atoms with E-state index in [2.05, 4.69) is 4.90 Å². The number of piperazine rings is 1. The monoisotopic (exact) mass is 366 g/mol. The summed E-state index contributed by atoms with van der Waals surface area (Å²) in [7, 11) is 0. The van der Waals surface area contributed by atoms with E-state index >= 15 is 0 Å². The first kappa shape index (κ1) is 19.0. The summed E-state index contributed by atoms with van der Waals surface area (Å²) in [6.07, 6.45) is 1.26. The van der Waals surface area contributed by atoms with E-state index in [-0.39, 0.29) is 5.91 Å². The lowest BCUT2D eigenvalue weighted by Gasteiger charge is -2.37. The number of nitrogens with zero attached hydrogens (tertiary/aromatic N) is 2. The van der Waals surface area contributed by atoms with Gasteiger partial charge in [-0.1, -0.05) is 12.1 Å². The largest absolute Gasteiger partial charge is 0.493 e. The van der Waals surface area contributed by atoms with Crippen LogP contribution in [0, 0.1) is 13.8 Å². The van der Waals surface area contributed by atoms with Gasteiger partial charge in [-0.2, -0.15) is 0 Å². The Morgan fingerprint density at radius 2 is 1.85 bits per heavy atom. The number of hydrogen-bond donors (Lipinski definition) is 0. The van der Waals surface area contributed by atoms with Gasteiger partial charge >= 0.3 is 0 Å². The van der Waals surface area contributed by atoms with Crippen molar-refractivity contribution >= 4 is 17.9 Å². The zero-order chi connectivity index (χ0) is 19.2. The van der Waals surface area contributed by atoms with E-state index in [1.54, 1.807) is 0 Å². The van der Waals surface area contributed by atoms with Crippen LogP contribution in [0.1, 0.15) is 27.9 Å². The molecule has 0 bridgehead atoms. The van der Waals surface area contributed by atoms with Crippen LogP contribution < -0.4 is 9.64 Å². The molecule has 1 fully saturated rings. The number of aryl methyl sites for hydroxylation is 2. The third kappa shape index (κ3) is 4.88. The molecule has 1 aliphatic rings. The second-order valence-electron chi connectivity index (χ2n) is 6.95. The average molecular weight is 366 g/mol. The van der Waals surface area contributed by atoms with E-state index in [0.717, 1.165) is 41.9 Å². The smallest absolute Gasteiger partial charge is 0.226 e. The first-order valence-electron chi connectivity index (χ1n) is 9.35. The number of amides is 1. The highest BCUT2D eigenvalue weighted by atomic mass is 16.5. The maximum absolute atomic E-state index is 12.4. The molecule has 3 rings (SSSR count). The van der Waals surface area contributed by atoms with Gasteiger partial charge in [0.2, 0.25) is 5.91 Å². The van der Waals surface area contributed by atoms with Crippen molar-refractivity contribution in [2.24, 2.45) is 0 Å². The molecule has 1 aliphatic heterocycles. The number of benzene rings is 2. The molecule has 5 heteroatoms. The number of anilines is 1. The Morgan fingerprint density at radius 3 is 2.52 bits per heavy atom. The SMILES string of the molecule is Cc1cccc(OCCC(=O)N2CCN(c3ccc(C=O)cc3C)CC2)c1. The van der Waals surface area contributed by atoms with E-state index in [1.807, 2.05) is 61.2 Å². The number of hydrogen-bond acceptors (Lipinski definition) is 4. The summed E-state index contributed by atoms with van der Waals surface area (Å²) in [5.74, 6) is 0.942. The number of aldehydes is 1. The van der Waals surface area contributed by atoms with Crippen LogP contribution in [0.3, 0.4) is 0 Å². The lowest BCUT2D eigenvalue weighted by atomic mass is 10.1. The Bertz CT molecular complexity index is 811. The zero-order valence-corrected chi connectivity index (χ0v) is 16.0.